The molecule has 0 spiro atoms. The number of aromatic amines is 1. The average molecular weight is 218 g/mol. The summed E-state index contributed by atoms with van der Waals surface area (Å²) in [4.78, 5) is 11.7. The Morgan fingerprint density at radius 1 is 1.50 bits per heavy atom. The number of carbonyl (C=O) groups excluding carboxylic acids is 1. The van der Waals surface area contributed by atoms with Crippen molar-refractivity contribution in [1.29, 1.82) is 0 Å². The number of hydrogen-bond donors (Lipinski definition) is 3. The minimum absolute atomic E-state index is 0.0591. The number of aromatic nitrogens is 2. The number of rotatable bonds is 3. The average Bonchev–Trinajstić information content (AvgIpc) is 2.77. The number of anilines is 1. The molecule has 0 saturated heterocycles. The molecule has 3 N–H and O–H groups in total. The van der Waals surface area contributed by atoms with Gasteiger partial charge in [0.25, 0.3) is 0 Å². The Bertz CT molecular complexity index is 505. The molecule has 0 fully saturated rings. The lowest BCUT2D eigenvalue weighted by atomic mass is 10.2. The molecule has 0 aliphatic carbocycles. The molecule has 1 aromatic heterocycles. The first-order valence-corrected chi connectivity index (χ1v) is 5.12. The summed E-state index contributed by atoms with van der Waals surface area (Å²) >= 11 is 0. The number of likely N-dealkylation sites (N-methyl/N-ethyl adjacent to an activating group) is 1. The second kappa shape index (κ2) is 4.32. The molecule has 5 nitrogen and oxygen atoms in total. The van der Waals surface area contributed by atoms with Gasteiger partial charge in [0.2, 0.25) is 5.91 Å². The molecule has 0 saturated carbocycles. The van der Waals surface area contributed by atoms with Crippen molar-refractivity contribution in [3.8, 4) is 0 Å². The monoisotopic (exact) mass is 218 g/mol. The van der Waals surface area contributed by atoms with Crippen molar-refractivity contribution in [3.05, 3.63) is 24.4 Å². The predicted molar refractivity (Wildman–Crippen MR) is 63.2 cm³/mol. The van der Waals surface area contributed by atoms with E-state index in [9.17, 15) is 4.79 Å². The first kappa shape index (κ1) is 10.6. The first-order chi connectivity index (χ1) is 7.72. The Morgan fingerprint density at radius 3 is 3.06 bits per heavy atom. The summed E-state index contributed by atoms with van der Waals surface area (Å²) in [5.74, 6) is -0.0591. The minimum Gasteiger partial charge on any atom is -0.324 e. The number of carbonyl (C=O) groups is 1. The number of nitrogens with one attached hydrogen (secondary N) is 3. The van der Waals surface area contributed by atoms with Crippen LogP contribution in [-0.2, 0) is 4.79 Å². The van der Waals surface area contributed by atoms with E-state index in [1.165, 1.54) is 0 Å². The summed E-state index contributed by atoms with van der Waals surface area (Å²) in [5, 5.41) is 13.5. The van der Waals surface area contributed by atoms with Gasteiger partial charge in [-0.25, -0.2) is 0 Å². The third-order valence-corrected chi connectivity index (χ3v) is 2.57. The van der Waals surface area contributed by atoms with Crippen molar-refractivity contribution in [1.82, 2.24) is 15.5 Å². The van der Waals surface area contributed by atoms with Crippen LogP contribution in [0.1, 0.15) is 6.92 Å². The fourth-order valence-electron chi connectivity index (χ4n) is 1.45. The van der Waals surface area contributed by atoms with Crippen LogP contribution in [0.2, 0.25) is 0 Å². The lowest BCUT2D eigenvalue weighted by Gasteiger charge is -2.11. The summed E-state index contributed by atoms with van der Waals surface area (Å²) in [6.45, 7) is 1.81. The molecule has 0 radical (unpaired) electrons. The van der Waals surface area contributed by atoms with Gasteiger partial charge in [0, 0.05) is 5.39 Å². The molecule has 1 heterocycles. The zero-order valence-corrected chi connectivity index (χ0v) is 9.24. The number of amides is 1. The third-order valence-electron chi connectivity index (χ3n) is 2.57. The molecule has 2 aromatic rings. The van der Waals surface area contributed by atoms with Crippen LogP contribution in [0.4, 0.5) is 5.69 Å². The Kier molecular flexibility index (Phi) is 2.87. The number of fused-ring (bicyclic) bond motifs is 1. The highest BCUT2D eigenvalue weighted by molar-refractivity contribution is 6.02. The number of nitrogens with zero attached hydrogens (tertiary/aromatic N) is 1. The van der Waals surface area contributed by atoms with Crippen molar-refractivity contribution in [3.63, 3.8) is 0 Å². The number of hydrogen-bond acceptors (Lipinski definition) is 3. The fourth-order valence-corrected chi connectivity index (χ4v) is 1.45. The highest BCUT2D eigenvalue weighted by Crippen LogP contribution is 2.20. The van der Waals surface area contributed by atoms with Crippen LogP contribution in [0.15, 0.2) is 24.4 Å². The van der Waals surface area contributed by atoms with Crippen LogP contribution in [0, 0.1) is 0 Å². The topological polar surface area (TPSA) is 69.8 Å². The van der Waals surface area contributed by atoms with Crippen LogP contribution in [0.25, 0.3) is 10.9 Å². The summed E-state index contributed by atoms with van der Waals surface area (Å²) in [6, 6.07) is 5.43. The van der Waals surface area contributed by atoms with Gasteiger partial charge in [-0.3, -0.25) is 9.89 Å². The molecule has 84 valence electrons. The van der Waals surface area contributed by atoms with Crippen LogP contribution >= 0.6 is 0 Å². The van der Waals surface area contributed by atoms with Gasteiger partial charge >= 0.3 is 0 Å². The van der Waals surface area contributed by atoms with Gasteiger partial charge in [-0.05, 0) is 26.1 Å². The van der Waals surface area contributed by atoms with Gasteiger partial charge in [-0.2, -0.15) is 5.10 Å². The molecule has 1 atom stereocenters. The molecular formula is C11H14N4O. The largest absolute Gasteiger partial charge is 0.324 e. The molecule has 5 heteroatoms. The molecule has 2 rings (SSSR count). The predicted octanol–water partition coefficient (Wildman–Crippen LogP) is 1.11. The molecular weight excluding hydrogens is 204 g/mol. The second-order valence-corrected chi connectivity index (χ2v) is 3.64. The second-order valence-electron chi connectivity index (χ2n) is 3.64. The van der Waals surface area contributed by atoms with Gasteiger partial charge < -0.3 is 10.6 Å². The van der Waals surface area contributed by atoms with Crippen molar-refractivity contribution >= 4 is 22.5 Å². The van der Waals surface area contributed by atoms with Gasteiger partial charge in [0.1, 0.15) is 0 Å². The summed E-state index contributed by atoms with van der Waals surface area (Å²) < 4.78 is 0. The smallest absolute Gasteiger partial charge is 0.241 e. The fraction of sp³-hybridized carbons (Fsp3) is 0.273. The highest BCUT2D eigenvalue weighted by Gasteiger charge is 2.11. The van der Waals surface area contributed by atoms with E-state index in [0.717, 1.165) is 16.6 Å². The van der Waals surface area contributed by atoms with E-state index in [2.05, 4.69) is 20.8 Å². The molecule has 1 amide bonds. The van der Waals surface area contributed by atoms with E-state index in [1.54, 1.807) is 13.2 Å². The standard InChI is InChI=1S/C11H14N4O/c1-7(12-2)11(16)14-9-4-3-5-10-8(9)6-13-15-10/h3-7,12H,1-2H3,(H,13,15)(H,14,16). The normalized spacial score (nSPS) is 12.6. The van der Waals surface area contributed by atoms with Crippen molar-refractivity contribution in [2.24, 2.45) is 0 Å². The number of benzene rings is 1. The lowest BCUT2D eigenvalue weighted by Crippen LogP contribution is -2.35. The maximum atomic E-state index is 11.7. The van der Waals surface area contributed by atoms with Crippen LogP contribution in [-0.4, -0.2) is 29.2 Å². The van der Waals surface area contributed by atoms with E-state index in [-0.39, 0.29) is 11.9 Å². The third kappa shape index (κ3) is 1.90. The Balaban J connectivity index is 2.27. The van der Waals surface area contributed by atoms with Gasteiger partial charge in [-0.15, -0.1) is 0 Å². The molecule has 1 unspecified atom stereocenters. The Morgan fingerprint density at radius 2 is 2.31 bits per heavy atom. The Labute approximate surface area is 93.2 Å². The highest BCUT2D eigenvalue weighted by atomic mass is 16.2. The van der Waals surface area contributed by atoms with Crippen molar-refractivity contribution < 1.29 is 4.79 Å². The molecule has 0 aliphatic rings. The van der Waals surface area contributed by atoms with Crippen molar-refractivity contribution in [2.75, 3.05) is 12.4 Å². The van der Waals surface area contributed by atoms with E-state index in [0.29, 0.717) is 0 Å². The van der Waals surface area contributed by atoms with Crippen LogP contribution in [0.5, 0.6) is 0 Å². The molecule has 0 aliphatic heterocycles. The first-order valence-electron chi connectivity index (χ1n) is 5.12. The van der Waals surface area contributed by atoms with Gasteiger partial charge in [0.05, 0.1) is 23.4 Å². The molecule has 1 aromatic carbocycles. The van der Waals surface area contributed by atoms with Crippen LogP contribution < -0.4 is 10.6 Å². The summed E-state index contributed by atoms with van der Waals surface area (Å²) in [5.41, 5.74) is 1.69. The maximum absolute atomic E-state index is 11.7. The summed E-state index contributed by atoms with van der Waals surface area (Å²) in [7, 11) is 1.75. The zero-order chi connectivity index (χ0) is 11.5. The van der Waals surface area contributed by atoms with E-state index < -0.39 is 0 Å². The summed E-state index contributed by atoms with van der Waals surface area (Å²) in [6.07, 6.45) is 1.70. The minimum atomic E-state index is -0.220. The molecule has 16 heavy (non-hydrogen) atoms. The maximum Gasteiger partial charge on any atom is 0.241 e. The van der Waals surface area contributed by atoms with E-state index >= 15 is 0 Å². The quantitative estimate of drug-likeness (QED) is 0.722. The van der Waals surface area contributed by atoms with Gasteiger partial charge in [-0.1, -0.05) is 6.07 Å². The number of H-pyrrole nitrogens is 1. The lowest BCUT2D eigenvalue weighted by molar-refractivity contribution is -0.117. The van der Waals surface area contributed by atoms with Crippen molar-refractivity contribution in [2.45, 2.75) is 13.0 Å². The molecule has 0 bridgehead atoms. The van der Waals surface area contributed by atoms with E-state index in [4.69, 9.17) is 0 Å². The SMILES string of the molecule is CNC(C)C(=O)Nc1cccc2[nH]ncc12. The van der Waals surface area contributed by atoms with Gasteiger partial charge in [0.15, 0.2) is 0 Å². The zero-order valence-electron chi connectivity index (χ0n) is 9.24. The van der Waals surface area contributed by atoms with Crippen LogP contribution in [0.3, 0.4) is 0 Å². The Hall–Kier alpha value is -1.88. The van der Waals surface area contributed by atoms with E-state index in [1.807, 2.05) is 25.1 Å².